The summed E-state index contributed by atoms with van der Waals surface area (Å²) in [7, 11) is 0.537. The molecule has 82 valence electrons. The van der Waals surface area contributed by atoms with E-state index in [1.165, 1.54) is 6.08 Å². The lowest BCUT2D eigenvalue weighted by atomic mass is 10.3. The van der Waals surface area contributed by atoms with Gasteiger partial charge in [0, 0.05) is 19.8 Å². The molecule has 1 rings (SSSR count). The fraction of sp³-hybridized carbons (Fsp3) is 0.273. The third-order valence-electron chi connectivity index (χ3n) is 2.03. The first-order valence-corrected chi connectivity index (χ1v) is 6.23. The molecule has 3 nitrogen and oxygen atoms in total. The van der Waals surface area contributed by atoms with E-state index in [1.54, 1.807) is 18.2 Å². The summed E-state index contributed by atoms with van der Waals surface area (Å²) < 4.78 is 23.4. The fourth-order valence-electron chi connectivity index (χ4n) is 1.21. The van der Waals surface area contributed by atoms with Crippen molar-refractivity contribution in [1.82, 2.24) is 0 Å². The number of benzene rings is 1. The van der Waals surface area contributed by atoms with Crippen LogP contribution in [0.4, 0.5) is 5.69 Å². The summed E-state index contributed by atoms with van der Waals surface area (Å²) in [4.78, 5) is 2.21. The maximum Gasteiger partial charge on any atom is 0.181 e. The molecular formula is C11H15NO2S. The molecule has 1 aromatic carbocycles. The van der Waals surface area contributed by atoms with Crippen molar-refractivity contribution in [2.75, 3.05) is 24.7 Å². The van der Waals surface area contributed by atoms with Crippen LogP contribution in [0.1, 0.15) is 0 Å². The van der Waals surface area contributed by atoms with Gasteiger partial charge in [0.2, 0.25) is 0 Å². The maximum atomic E-state index is 11.7. The molecule has 0 amide bonds. The molecule has 0 fully saturated rings. The van der Waals surface area contributed by atoms with Crippen molar-refractivity contribution >= 4 is 15.5 Å². The second-order valence-corrected chi connectivity index (χ2v) is 5.50. The normalized spacial score (nSPS) is 11.1. The van der Waals surface area contributed by atoms with Crippen LogP contribution in [0.3, 0.4) is 0 Å². The minimum atomic E-state index is -3.21. The van der Waals surface area contributed by atoms with Gasteiger partial charge < -0.3 is 4.90 Å². The summed E-state index contributed by atoms with van der Waals surface area (Å²) >= 11 is 0. The van der Waals surface area contributed by atoms with Gasteiger partial charge in [-0.05, 0) is 18.2 Å². The summed E-state index contributed by atoms with van der Waals surface area (Å²) in [5.74, 6) is -0.0239. The van der Waals surface area contributed by atoms with Crippen LogP contribution < -0.4 is 4.90 Å². The molecule has 4 heteroatoms. The lowest BCUT2D eigenvalue weighted by Gasteiger charge is -2.13. The van der Waals surface area contributed by atoms with Gasteiger partial charge in [0.15, 0.2) is 9.84 Å². The van der Waals surface area contributed by atoms with Crippen molar-refractivity contribution in [3.63, 3.8) is 0 Å². The molecule has 0 aliphatic rings. The molecule has 0 saturated heterocycles. The Kier molecular flexibility index (Phi) is 3.52. The zero-order valence-electron chi connectivity index (χ0n) is 8.97. The monoisotopic (exact) mass is 225 g/mol. The molecule has 0 spiro atoms. The van der Waals surface area contributed by atoms with Gasteiger partial charge in [-0.3, -0.25) is 0 Å². The predicted molar refractivity (Wildman–Crippen MR) is 63.0 cm³/mol. The van der Waals surface area contributed by atoms with Gasteiger partial charge in [-0.2, -0.15) is 0 Å². The third-order valence-corrected chi connectivity index (χ3v) is 3.68. The Labute approximate surface area is 91.0 Å². The van der Waals surface area contributed by atoms with Gasteiger partial charge in [0.05, 0.1) is 10.6 Å². The second-order valence-electron chi connectivity index (χ2n) is 3.46. The van der Waals surface area contributed by atoms with E-state index in [-0.39, 0.29) is 5.75 Å². The van der Waals surface area contributed by atoms with Gasteiger partial charge in [-0.1, -0.05) is 12.1 Å². The van der Waals surface area contributed by atoms with Gasteiger partial charge in [0.25, 0.3) is 0 Å². The van der Waals surface area contributed by atoms with Crippen LogP contribution in [0.2, 0.25) is 0 Å². The van der Waals surface area contributed by atoms with E-state index in [2.05, 4.69) is 6.58 Å². The van der Waals surface area contributed by atoms with Crippen molar-refractivity contribution < 1.29 is 8.42 Å². The molecule has 0 unspecified atom stereocenters. The highest BCUT2D eigenvalue weighted by Gasteiger charge is 2.12. The molecule has 0 aliphatic heterocycles. The lowest BCUT2D eigenvalue weighted by Crippen LogP contribution is -2.10. The molecule has 0 atom stereocenters. The Balaban J connectivity index is 3.16. The van der Waals surface area contributed by atoms with Crippen molar-refractivity contribution in [2.24, 2.45) is 0 Å². The van der Waals surface area contributed by atoms with Gasteiger partial charge >= 0.3 is 0 Å². The topological polar surface area (TPSA) is 37.4 Å². The van der Waals surface area contributed by atoms with Crippen molar-refractivity contribution in [2.45, 2.75) is 4.90 Å². The molecule has 0 aliphatic carbocycles. The number of anilines is 1. The zero-order valence-corrected chi connectivity index (χ0v) is 9.79. The first-order chi connectivity index (χ1) is 6.97. The van der Waals surface area contributed by atoms with E-state index in [0.717, 1.165) is 5.69 Å². The minimum absolute atomic E-state index is 0.0239. The van der Waals surface area contributed by atoms with Crippen molar-refractivity contribution in [3.05, 3.63) is 36.9 Å². The SMILES string of the molecule is C=CCS(=O)(=O)c1cccc(N(C)C)c1. The summed E-state index contributed by atoms with van der Waals surface area (Å²) in [5, 5.41) is 0. The van der Waals surface area contributed by atoms with Crippen LogP contribution >= 0.6 is 0 Å². The summed E-state index contributed by atoms with van der Waals surface area (Å²) in [6, 6.07) is 6.88. The van der Waals surface area contributed by atoms with Crippen molar-refractivity contribution in [1.29, 1.82) is 0 Å². The first kappa shape index (κ1) is 11.8. The Hall–Kier alpha value is -1.29. The van der Waals surface area contributed by atoms with Gasteiger partial charge in [-0.25, -0.2) is 8.42 Å². The molecule has 0 radical (unpaired) electrons. The molecule has 0 N–H and O–H groups in total. The van der Waals surface area contributed by atoms with E-state index < -0.39 is 9.84 Å². The number of hydrogen-bond acceptors (Lipinski definition) is 3. The third kappa shape index (κ3) is 2.83. The van der Waals surface area contributed by atoms with Gasteiger partial charge in [-0.15, -0.1) is 6.58 Å². The van der Waals surface area contributed by atoms with E-state index in [0.29, 0.717) is 4.90 Å². The Morgan fingerprint density at radius 2 is 2.07 bits per heavy atom. The second kappa shape index (κ2) is 4.49. The van der Waals surface area contributed by atoms with Crippen molar-refractivity contribution in [3.8, 4) is 0 Å². The zero-order chi connectivity index (χ0) is 11.5. The van der Waals surface area contributed by atoms with Crippen LogP contribution in [0.15, 0.2) is 41.8 Å². The van der Waals surface area contributed by atoms with Crippen LogP contribution in [-0.2, 0) is 9.84 Å². The van der Waals surface area contributed by atoms with E-state index in [4.69, 9.17) is 0 Å². The van der Waals surface area contributed by atoms with E-state index >= 15 is 0 Å². The smallest absolute Gasteiger partial charge is 0.181 e. The van der Waals surface area contributed by atoms with E-state index in [1.807, 2.05) is 25.1 Å². The van der Waals surface area contributed by atoms with Crippen LogP contribution in [0, 0.1) is 0 Å². The Morgan fingerprint density at radius 1 is 1.40 bits per heavy atom. The highest BCUT2D eigenvalue weighted by Crippen LogP contribution is 2.18. The summed E-state index contributed by atoms with van der Waals surface area (Å²) in [5.41, 5.74) is 0.875. The Morgan fingerprint density at radius 3 is 2.60 bits per heavy atom. The summed E-state index contributed by atoms with van der Waals surface area (Å²) in [6.07, 6.45) is 1.40. The predicted octanol–water partition coefficient (Wildman–Crippen LogP) is 1.71. The maximum absolute atomic E-state index is 11.7. The minimum Gasteiger partial charge on any atom is -0.378 e. The molecular weight excluding hydrogens is 210 g/mol. The van der Waals surface area contributed by atoms with Crippen LogP contribution in [0.5, 0.6) is 0 Å². The number of sulfone groups is 1. The molecule has 15 heavy (non-hydrogen) atoms. The quantitative estimate of drug-likeness (QED) is 0.732. The number of hydrogen-bond donors (Lipinski definition) is 0. The van der Waals surface area contributed by atoms with E-state index in [9.17, 15) is 8.42 Å². The van der Waals surface area contributed by atoms with Crippen LogP contribution in [0.25, 0.3) is 0 Å². The number of rotatable bonds is 4. The Bertz CT molecular complexity index is 449. The first-order valence-electron chi connectivity index (χ1n) is 4.58. The fourth-order valence-corrected chi connectivity index (χ4v) is 2.30. The average Bonchev–Trinajstić information content (AvgIpc) is 2.18. The lowest BCUT2D eigenvalue weighted by molar-refractivity contribution is 0.599. The molecule has 0 heterocycles. The molecule has 0 bridgehead atoms. The molecule has 0 aromatic heterocycles. The largest absolute Gasteiger partial charge is 0.378 e. The highest BCUT2D eigenvalue weighted by molar-refractivity contribution is 7.91. The van der Waals surface area contributed by atoms with Gasteiger partial charge in [0.1, 0.15) is 0 Å². The average molecular weight is 225 g/mol. The molecule has 0 saturated carbocycles. The number of nitrogens with zero attached hydrogens (tertiary/aromatic N) is 1. The summed E-state index contributed by atoms with van der Waals surface area (Å²) in [6.45, 7) is 3.44. The molecule has 1 aromatic rings. The van der Waals surface area contributed by atoms with Crippen LogP contribution in [-0.4, -0.2) is 28.3 Å². The standard InChI is InChI=1S/C11H15NO2S/c1-4-8-15(13,14)11-7-5-6-10(9-11)12(2)3/h4-7,9H,1,8H2,2-3H3. The highest BCUT2D eigenvalue weighted by atomic mass is 32.2.